The van der Waals surface area contributed by atoms with Crippen LogP contribution in [0.3, 0.4) is 0 Å². The number of nitrogens with zero attached hydrogens (tertiary/aromatic N) is 2. The van der Waals surface area contributed by atoms with Crippen LogP contribution in [-0.4, -0.2) is 31.8 Å². The highest BCUT2D eigenvalue weighted by Crippen LogP contribution is 2.32. The van der Waals surface area contributed by atoms with Gasteiger partial charge in [-0.3, -0.25) is 4.90 Å². The molecule has 0 fully saturated rings. The number of aliphatic imine (C=N–C) groups is 1. The molecule has 0 aliphatic carbocycles. The number of hydrogen-bond acceptors (Lipinski definition) is 6. The van der Waals surface area contributed by atoms with Gasteiger partial charge in [-0.15, -0.1) is 11.3 Å². The first-order valence-electron chi connectivity index (χ1n) is 13.7. The zero-order chi connectivity index (χ0) is 30.2. The normalized spacial score (nSPS) is 12.5. The Bertz CT molecular complexity index is 1810. The Morgan fingerprint density at radius 1 is 0.837 bits per heavy atom. The van der Waals surface area contributed by atoms with Gasteiger partial charge in [-0.25, -0.2) is 13.4 Å². The summed E-state index contributed by atoms with van der Waals surface area (Å²) in [5.74, 6) is 0. The Morgan fingerprint density at radius 3 is 2.09 bits per heavy atom. The van der Waals surface area contributed by atoms with Gasteiger partial charge in [0.2, 0.25) is 0 Å². The van der Waals surface area contributed by atoms with Gasteiger partial charge in [0.05, 0.1) is 26.2 Å². The number of halogens is 1. The van der Waals surface area contributed by atoms with E-state index in [1.807, 2.05) is 84.9 Å². The molecular formula is C35H32ClN3O2S2. The molecule has 5 rings (SSSR count). The maximum Gasteiger partial charge on any atom is 0.175 e. The first-order valence-corrected chi connectivity index (χ1v) is 16.8. The Hall–Kier alpha value is -4.01. The molecule has 1 heterocycles. The molecule has 5 nitrogen and oxygen atoms in total. The summed E-state index contributed by atoms with van der Waals surface area (Å²) in [5, 5.41) is 0.541. The standard InChI is InChI=1S/C35H32ClN3O2S2/c1-43(40,41)30-16-10-15-28(21-30)34-19-20-35(42-34)33(38-32-18-9-8-17-31(32)36)22-29(37)25-39(23-26-11-4-2-5-12-26)24-27-13-6-3-7-14-27/h2-22H,23-25,37H2,1H3. The highest BCUT2D eigenvalue weighted by Gasteiger charge is 2.14. The minimum absolute atomic E-state index is 0.283. The number of nitrogens with two attached hydrogens (primary N) is 1. The van der Waals surface area contributed by atoms with Crippen LogP contribution < -0.4 is 5.73 Å². The van der Waals surface area contributed by atoms with E-state index in [2.05, 4.69) is 29.2 Å². The van der Waals surface area contributed by atoms with E-state index >= 15 is 0 Å². The number of hydrogen-bond donors (Lipinski definition) is 1. The predicted molar refractivity (Wildman–Crippen MR) is 180 cm³/mol. The van der Waals surface area contributed by atoms with E-state index in [0.29, 0.717) is 28.7 Å². The Labute approximate surface area is 262 Å². The number of thiophene rings is 1. The summed E-state index contributed by atoms with van der Waals surface area (Å²) in [6, 6.07) is 39.1. The maximum atomic E-state index is 12.2. The van der Waals surface area contributed by atoms with Crippen molar-refractivity contribution in [1.29, 1.82) is 0 Å². The highest BCUT2D eigenvalue weighted by molar-refractivity contribution is 7.90. The maximum absolute atomic E-state index is 12.2. The highest BCUT2D eigenvalue weighted by atomic mass is 35.5. The molecule has 5 aromatic rings. The van der Waals surface area contributed by atoms with Gasteiger partial charge in [-0.1, -0.05) is 96.5 Å². The second kappa shape index (κ2) is 14.0. The molecule has 4 aromatic carbocycles. The third kappa shape index (κ3) is 8.52. The minimum Gasteiger partial charge on any atom is -0.401 e. The Balaban J connectivity index is 1.49. The fraction of sp³-hybridized carbons (Fsp3) is 0.114. The summed E-state index contributed by atoms with van der Waals surface area (Å²) in [6.45, 7) is 2.00. The number of para-hydroxylation sites is 1. The lowest BCUT2D eigenvalue weighted by molar-refractivity contribution is 0.278. The quantitative estimate of drug-likeness (QED) is 0.150. The smallest absolute Gasteiger partial charge is 0.175 e. The van der Waals surface area contributed by atoms with E-state index in [0.717, 1.165) is 28.4 Å². The third-order valence-corrected chi connectivity index (χ3v) is 9.31. The first-order chi connectivity index (χ1) is 20.7. The second-order valence-corrected chi connectivity index (χ2v) is 13.8. The molecule has 0 bridgehead atoms. The summed E-state index contributed by atoms with van der Waals surface area (Å²) in [4.78, 5) is 9.34. The lowest BCUT2D eigenvalue weighted by Gasteiger charge is -2.23. The molecule has 2 N–H and O–H groups in total. The van der Waals surface area contributed by atoms with Gasteiger partial charge >= 0.3 is 0 Å². The van der Waals surface area contributed by atoms with Crippen molar-refractivity contribution in [3.05, 3.63) is 154 Å². The molecule has 0 atom stereocenters. The predicted octanol–water partition coefficient (Wildman–Crippen LogP) is 8.14. The zero-order valence-electron chi connectivity index (χ0n) is 23.7. The molecule has 0 spiro atoms. The Kier molecular flexibility index (Phi) is 9.89. The van der Waals surface area contributed by atoms with Crippen molar-refractivity contribution in [3.8, 4) is 10.4 Å². The molecule has 0 aliphatic heterocycles. The molecule has 43 heavy (non-hydrogen) atoms. The molecular weight excluding hydrogens is 594 g/mol. The van der Waals surface area contributed by atoms with Crippen LogP contribution in [0.4, 0.5) is 5.69 Å². The van der Waals surface area contributed by atoms with Gasteiger partial charge in [0.1, 0.15) is 0 Å². The third-order valence-electron chi connectivity index (χ3n) is 6.72. The number of rotatable bonds is 11. The monoisotopic (exact) mass is 625 g/mol. The molecule has 0 radical (unpaired) electrons. The van der Waals surface area contributed by atoms with Gasteiger partial charge in [-0.05, 0) is 59.2 Å². The van der Waals surface area contributed by atoms with Gasteiger partial charge in [0.25, 0.3) is 0 Å². The van der Waals surface area contributed by atoms with Crippen LogP contribution >= 0.6 is 22.9 Å². The fourth-order valence-electron chi connectivity index (χ4n) is 4.67. The fourth-order valence-corrected chi connectivity index (χ4v) is 6.48. The molecule has 0 amide bonds. The van der Waals surface area contributed by atoms with Crippen molar-refractivity contribution < 1.29 is 8.42 Å². The van der Waals surface area contributed by atoms with E-state index in [-0.39, 0.29) is 4.90 Å². The van der Waals surface area contributed by atoms with Crippen molar-refractivity contribution in [2.24, 2.45) is 10.7 Å². The van der Waals surface area contributed by atoms with E-state index in [1.54, 1.807) is 18.2 Å². The van der Waals surface area contributed by atoms with E-state index in [9.17, 15) is 8.42 Å². The van der Waals surface area contributed by atoms with Crippen LogP contribution in [0, 0.1) is 0 Å². The van der Waals surface area contributed by atoms with Crippen molar-refractivity contribution in [2.75, 3.05) is 12.8 Å². The van der Waals surface area contributed by atoms with Crippen LogP contribution in [0.1, 0.15) is 16.0 Å². The topological polar surface area (TPSA) is 75.8 Å². The summed E-state index contributed by atoms with van der Waals surface area (Å²) < 4.78 is 24.3. The van der Waals surface area contributed by atoms with Gasteiger partial charge in [-0.2, -0.15) is 0 Å². The van der Waals surface area contributed by atoms with E-state index in [1.165, 1.54) is 28.7 Å². The largest absolute Gasteiger partial charge is 0.401 e. The van der Waals surface area contributed by atoms with Crippen molar-refractivity contribution in [2.45, 2.75) is 18.0 Å². The molecule has 0 aliphatic rings. The molecule has 218 valence electrons. The minimum atomic E-state index is -3.33. The van der Waals surface area contributed by atoms with Gasteiger partial charge in [0.15, 0.2) is 9.84 Å². The second-order valence-electron chi connectivity index (χ2n) is 10.2. The zero-order valence-corrected chi connectivity index (χ0v) is 26.1. The lowest BCUT2D eigenvalue weighted by atomic mass is 10.1. The van der Waals surface area contributed by atoms with Crippen LogP contribution in [0.25, 0.3) is 10.4 Å². The van der Waals surface area contributed by atoms with Crippen LogP contribution in [0.5, 0.6) is 0 Å². The lowest BCUT2D eigenvalue weighted by Crippen LogP contribution is -2.28. The molecule has 8 heteroatoms. The first kappa shape index (κ1) is 30.4. The summed E-state index contributed by atoms with van der Waals surface area (Å²) in [6.07, 6.45) is 3.13. The number of sulfone groups is 1. The van der Waals surface area contributed by atoms with Crippen molar-refractivity contribution >= 4 is 44.2 Å². The average Bonchev–Trinajstić information content (AvgIpc) is 3.49. The van der Waals surface area contributed by atoms with Crippen LogP contribution in [0.2, 0.25) is 5.02 Å². The molecule has 1 aromatic heterocycles. The molecule has 0 saturated carbocycles. The van der Waals surface area contributed by atoms with Crippen LogP contribution in [0.15, 0.2) is 143 Å². The van der Waals surface area contributed by atoms with Crippen LogP contribution in [-0.2, 0) is 22.9 Å². The summed E-state index contributed by atoms with van der Waals surface area (Å²) >= 11 is 8.02. The molecule has 0 saturated heterocycles. The van der Waals surface area contributed by atoms with E-state index in [4.69, 9.17) is 22.3 Å². The SMILES string of the molecule is CS(=O)(=O)c1cccc(-c2ccc(C(C=C(N)CN(Cc3ccccc3)Cc3ccccc3)=Nc3ccccc3Cl)s2)c1. The average molecular weight is 626 g/mol. The van der Waals surface area contributed by atoms with Crippen molar-refractivity contribution in [1.82, 2.24) is 4.90 Å². The molecule has 0 unspecified atom stereocenters. The summed E-state index contributed by atoms with van der Waals surface area (Å²) in [7, 11) is -3.33. The number of allylic oxidation sites excluding steroid dienone is 1. The van der Waals surface area contributed by atoms with Crippen molar-refractivity contribution in [3.63, 3.8) is 0 Å². The number of benzene rings is 4. The van der Waals surface area contributed by atoms with Gasteiger partial charge in [0, 0.05) is 36.5 Å². The Morgan fingerprint density at radius 2 is 1.47 bits per heavy atom. The van der Waals surface area contributed by atoms with E-state index < -0.39 is 9.84 Å². The van der Waals surface area contributed by atoms with Gasteiger partial charge < -0.3 is 5.73 Å². The summed E-state index contributed by atoms with van der Waals surface area (Å²) in [5.41, 5.74) is 12.0.